The van der Waals surface area contributed by atoms with Crippen LogP contribution in [-0.2, 0) is 7.05 Å². The molecule has 0 fully saturated rings. The second-order valence-electron chi connectivity index (χ2n) is 4.30. The zero-order valence-corrected chi connectivity index (χ0v) is 11.0. The molecule has 18 heavy (non-hydrogen) atoms. The summed E-state index contributed by atoms with van der Waals surface area (Å²) >= 11 is 0. The van der Waals surface area contributed by atoms with Crippen LogP contribution in [0.3, 0.4) is 0 Å². The Morgan fingerprint density at radius 3 is 2.56 bits per heavy atom. The van der Waals surface area contributed by atoms with Crippen molar-refractivity contribution in [3.63, 3.8) is 0 Å². The van der Waals surface area contributed by atoms with Gasteiger partial charge in [0.25, 0.3) is 0 Å². The summed E-state index contributed by atoms with van der Waals surface area (Å²) in [5.74, 6) is 0. The molecule has 2 aromatic rings. The lowest BCUT2D eigenvalue weighted by molar-refractivity contribution is 0.602. The van der Waals surface area contributed by atoms with Crippen LogP contribution < -0.4 is 10.6 Å². The van der Waals surface area contributed by atoms with Gasteiger partial charge in [-0.2, -0.15) is 0 Å². The Balaban J connectivity index is 2.34. The highest BCUT2D eigenvalue weighted by atomic mass is 15.2. The molecule has 0 saturated heterocycles. The van der Waals surface area contributed by atoms with Crippen molar-refractivity contribution < 1.29 is 0 Å². The molecule has 0 aliphatic carbocycles. The molecule has 1 aromatic carbocycles. The van der Waals surface area contributed by atoms with Crippen molar-refractivity contribution in [3.8, 4) is 0 Å². The Hall–Kier alpha value is -1.81. The van der Waals surface area contributed by atoms with E-state index in [-0.39, 0.29) is 6.04 Å². The number of hydrogen-bond donors (Lipinski definition) is 1. The molecule has 1 heterocycles. The van der Waals surface area contributed by atoms with Gasteiger partial charge in [-0.25, -0.2) is 4.98 Å². The highest BCUT2D eigenvalue weighted by Crippen LogP contribution is 2.25. The second kappa shape index (κ2) is 5.69. The molecule has 2 N–H and O–H groups in total. The summed E-state index contributed by atoms with van der Waals surface area (Å²) in [7, 11) is 2.00. The van der Waals surface area contributed by atoms with E-state index >= 15 is 0 Å². The molecule has 0 radical (unpaired) electrons. The number of rotatable bonds is 5. The SMILES string of the molecule is CCN(c1ccccc1)C(CN)c1cncn1C. The molecule has 0 spiro atoms. The van der Waals surface area contributed by atoms with Crippen LogP contribution in [0.4, 0.5) is 5.69 Å². The van der Waals surface area contributed by atoms with Crippen molar-refractivity contribution in [2.75, 3.05) is 18.0 Å². The molecule has 1 unspecified atom stereocenters. The van der Waals surface area contributed by atoms with Crippen LogP contribution in [0.5, 0.6) is 0 Å². The first-order chi connectivity index (χ1) is 8.77. The minimum atomic E-state index is 0.157. The van der Waals surface area contributed by atoms with Crippen molar-refractivity contribution in [2.45, 2.75) is 13.0 Å². The highest BCUT2D eigenvalue weighted by Gasteiger charge is 2.20. The van der Waals surface area contributed by atoms with Gasteiger partial charge in [0.2, 0.25) is 0 Å². The lowest BCUT2D eigenvalue weighted by atomic mass is 10.1. The number of nitrogens with zero attached hydrogens (tertiary/aromatic N) is 3. The first kappa shape index (κ1) is 12.6. The maximum absolute atomic E-state index is 5.96. The number of benzene rings is 1. The molecule has 4 nitrogen and oxygen atoms in total. The lowest BCUT2D eigenvalue weighted by Gasteiger charge is -2.32. The number of imidazole rings is 1. The standard InChI is InChI=1S/C14H20N4/c1-3-18(12-7-5-4-6-8-12)13(9-15)14-10-16-11-17(14)2/h4-8,10-11,13H,3,9,15H2,1-2H3. The van der Waals surface area contributed by atoms with Gasteiger partial charge in [-0.3, -0.25) is 0 Å². The summed E-state index contributed by atoms with van der Waals surface area (Å²) in [6, 6.07) is 10.5. The van der Waals surface area contributed by atoms with E-state index < -0.39 is 0 Å². The Labute approximate surface area is 108 Å². The summed E-state index contributed by atoms with van der Waals surface area (Å²) < 4.78 is 2.03. The maximum Gasteiger partial charge on any atom is 0.0946 e. The van der Waals surface area contributed by atoms with Gasteiger partial charge in [-0.1, -0.05) is 18.2 Å². The molecule has 0 saturated carbocycles. The van der Waals surface area contributed by atoms with Gasteiger partial charge in [0.1, 0.15) is 0 Å². The Bertz CT molecular complexity index is 478. The normalized spacial score (nSPS) is 12.4. The second-order valence-corrected chi connectivity index (χ2v) is 4.30. The van der Waals surface area contributed by atoms with E-state index in [0.717, 1.165) is 12.2 Å². The van der Waals surface area contributed by atoms with E-state index in [2.05, 4.69) is 41.1 Å². The average molecular weight is 244 g/mol. The topological polar surface area (TPSA) is 47.1 Å². The van der Waals surface area contributed by atoms with Gasteiger partial charge in [0.15, 0.2) is 0 Å². The van der Waals surface area contributed by atoms with Crippen LogP contribution in [-0.4, -0.2) is 22.6 Å². The van der Waals surface area contributed by atoms with Crippen LogP contribution in [0.25, 0.3) is 0 Å². The summed E-state index contributed by atoms with van der Waals surface area (Å²) in [6.07, 6.45) is 3.71. The monoisotopic (exact) mass is 244 g/mol. The van der Waals surface area contributed by atoms with E-state index in [9.17, 15) is 0 Å². The maximum atomic E-state index is 5.96. The van der Waals surface area contributed by atoms with Gasteiger partial charge in [0, 0.05) is 25.8 Å². The zero-order chi connectivity index (χ0) is 13.0. The number of aryl methyl sites for hydroxylation is 1. The van der Waals surface area contributed by atoms with Crippen molar-refractivity contribution in [1.29, 1.82) is 0 Å². The summed E-state index contributed by atoms with van der Waals surface area (Å²) in [6.45, 7) is 3.63. The van der Waals surface area contributed by atoms with Gasteiger partial charge < -0.3 is 15.2 Å². The van der Waals surface area contributed by atoms with E-state index in [1.54, 1.807) is 0 Å². The summed E-state index contributed by atoms with van der Waals surface area (Å²) in [5, 5.41) is 0. The fourth-order valence-corrected chi connectivity index (χ4v) is 2.30. The number of para-hydroxylation sites is 1. The van der Waals surface area contributed by atoms with Gasteiger partial charge in [0.05, 0.1) is 24.3 Å². The summed E-state index contributed by atoms with van der Waals surface area (Å²) in [5.41, 5.74) is 8.30. The van der Waals surface area contributed by atoms with Crippen LogP contribution in [0.1, 0.15) is 18.7 Å². The fourth-order valence-electron chi connectivity index (χ4n) is 2.30. The largest absolute Gasteiger partial charge is 0.362 e. The van der Waals surface area contributed by atoms with E-state index in [0.29, 0.717) is 6.54 Å². The predicted octanol–water partition coefficient (Wildman–Crippen LogP) is 1.95. The molecule has 96 valence electrons. The summed E-state index contributed by atoms with van der Waals surface area (Å²) in [4.78, 5) is 6.48. The Morgan fingerprint density at radius 1 is 1.33 bits per heavy atom. The molecule has 0 amide bonds. The van der Waals surface area contributed by atoms with Crippen molar-refractivity contribution >= 4 is 5.69 Å². The van der Waals surface area contributed by atoms with Crippen molar-refractivity contribution in [1.82, 2.24) is 9.55 Å². The van der Waals surface area contributed by atoms with Gasteiger partial charge in [-0.15, -0.1) is 0 Å². The van der Waals surface area contributed by atoms with Crippen LogP contribution >= 0.6 is 0 Å². The van der Waals surface area contributed by atoms with Crippen molar-refractivity contribution in [3.05, 3.63) is 48.5 Å². The first-order valence-electron chi connectivity index (χ1n) is 6.26. The lowest BCUT2D eigenvalue weighted by Crippen LogP contribution is -2.34. The Kier molecular flexibility index (Phi) is 3.99. The van der Waals surface area contributed by atoms with Gasteiger partial charge >= 0.3 is 0 Å². The van der Waals surface area contributed by atoms with Crippen LogP contribution in [0, 0.1) is 0 Å². The molecule has 1 aromatic heterocycles. The van der Waals surface area contributed by atoms with E-state index in [1.165, 1.54) is 5.69 Å². The predicted molar refractivity (Wildman–Crippen MR) is 74.5 cm³/mol. The zero-order valence-electron chi connectivity index (χ0n) is 11.0. The molecule has 0 bridgehead atoms. The number of hydrogen-bond acceptors (Lipinski definition) is 3. The molecular formula is C14H20N4. The quantitative estimate of drug-likeness (QED) is 0.874. The minimum Gasteiger partial charge on any atom is -0.362 e. The molecule has 4 heteroatoms. The van der Waals surface area contributed by atoms with E-state index in [1.807, 2.05) is 30.2 Å². The number of anilines is 1. The van der Waals surface area contributed by atoms with Gasteiger partial charge in [-0.05, 0) is 19.1 Å². The first-order valence-corrected chi connectivity index (χ1v) is 6.26. The third-order valence-corrected chi connectivity index (χ3v) is 3.22. The Morgan fingerprint density at radius 2 is 2.06 bits per heavy atom. The van der Waals surface area contributed by atoms with E-state index in [4.69, 9.17) is 5.73 Å². The molecule has 1 atom stereocenters. The molecule has 0 aliphatic heterocycles. The van der Waals surface area contributed by atoms with Crippen LogP contribution in [0.2, 0.25) is 0 Å². The van der Waals surface area contributed by atoms with Crippen molar-refractivity contribution in [2.24, 2.45) is 12.8 Å². The van der Waals surface area contributed by atoms with Crippen LogP contribution in [0.15, 0.2) is 42.9 Å². The number of aromatic nitrogens is 2. The smallest absolute Gasteiger partial charge is 0.0946 e. The number of nitrogens with two attached hydrogens (primary N) is 1. The molecule has 2 rings (SSSR count). The third kappa shape index (κ3) is 2.38. The number of likely N-dealkylation sites (N-methyl/N-ethyl adjacent to an activating group) is 1. The third-order valence-electron chi connectivity index (χ3n) is 3.22. The molecular weight excluding hydrogens is 224 g/mol. The average Bonchev–Trinajstić information content (AvgIpc) is 2.83. The minimum absolute atomic E-state index is 0.157. The highest BCUT2D eigenvalue weighted by molar-refractivity contribution is 5.48. The molecule has 0 aliphatic rings. The fraction of sp³-hybridized carbons (Fsp3) is 0.357.